The zero-order valence-corrected chi connectivity index (χ0v) is 14.9. The van der Waals surface area contributed by atoms with Gasteiger partial charge in [0.2, 0.25) is 10.0 Å². The van der Waals surface area contributed by atoms with E-state index in [9.17, 15) is 28.4 Å². The van der Waals surface area contributed by atoms with Gasteiger partial charge >= 0.3 is 5.97 Å². The molecule has 0 aliphatic carbocycles. The summed E-state index contributed by atoms with van der Waals surface area (Å²) < 4.78 is 25.2. The number of sulfonamides is 1. The minimum atomic E-state index is -3.82. The van der Waals surface area contributed by atoms with Crippen LogP contribution in [0.5, 0.6) is 0 Å². The first-order valence-corrected chi connectivity index (χ1v) is 9.11. The molecule has 1 N–H and O–H groups in total. The maximum atomic E-state index is 12.1. The van der Waals surface area contributed by atoms with Gasteiger partial charge in [-0.2, -0.15) is 0 Å². The summed E-state index contributed by atoms with van der Waals surface area (Å²) in [7, 11) is -1.17. The maximum Gasteiger partial charge on any atom is 0.336 e. The van der Waals surface area contributed by atoms with E-state index in [1.165, 1.54) is 38.4 Å². The normalized spacial score (nSPS) is 11.5. The minimum Gasteiger partial charge on any atom is -0.478 e. The van der Waals surface area contributed by atoms with E-state index in [0.29, 0.717) is 4.90 Å². The summed E-state index contributed by atoms with van der Waals surface area (Å²) in [5, 5.41) is 20.5. The summed E-state index contributed by atoms with van der Waals surface area (Å²) in [6.07, 6.45) is 0. The largest absolute Gasteiger partial charge is 0.478 e. The molecule has 2 aromatic rings. The molecule has 8 nitrogen and oxygen atoms in total. The summed E-state index contributed by atoms with van der Waals surface area (Å²) in [5.74, 6) is -1.16. The van der Waals surface area contributed by atoms with Crippen LogP contribution in [0.25, 0.3) is 0 Å². The number of rotatable bonds is 6. The van der Waals surface area contributed by atoms with Crippen molar-refractivity contribution in [2.24, 2.45) is 0 Å². The molecule has 10 heteroatoms. The van der Waals surface area contributed by atoms with Gasteiger partial charge in [-0.1, -0.05) is 23.9 Å². The molecule has 2 aromatic carbocycles. The van der Waals surface area contributed by atoms with Gasteiger partial charge in [-0.25, -0.2) is 17.5 Å². The summed E-state index contributed by atoms with van der Waals surface area (Å²) in [6.45, 7) is 0. The maximum absolute atomic E-state index is 12.1. The van der Waals surface area contributed by atoms with Crippen molar-refractivity contribution in [3.8, 4) is 0 Å². The molecule has 132 valence electrons. The standard InChI is InChI=1S/C15H14N2O6S2/c1-16(2)25(22,23)10-7-8-14(12(9-10)17(20)21)24-13-6-4-3-5-11(13)15(18)19/h3-9H,1-2H3,(H,18,19). The highest BCUT2D eigenvalue weighted by molar-refractivity contribution is 7.99. The molecule has 25 heavy (non-hydrogen) atoms. The Balaban J connectivity index is 2.54. The first-order chi connectivity index (χ1) is 11.6. The monoisotopic (exact) mass is 382 g/mol. The predicted octanol–water partition coefficient (Wildman–Crippen LogP) is 2.69. The number of benzene rings is 2. The Morgan fingerprint density at radius 2 is 1.80 bits per heavy atom. The van der Waals surface area contributed by atoms with Crippen LogP contribution in [-0.2, 0) is 10.0 Å². The van der Waals surface area contributed by atoms with Gasteiger partial charge in [-0.3, -0.25) is 10.1 Å². The average Bonchev–Trinajstić information content (AvgIpc) is 2.55. The third kappa shape index (κ3) is 3.98. The van der Waals surface area contributed by atoms with Crippen LogP contribution in [0.3, 0.4) is 0 Å². The highest BCUT2D eigenvalue weighted by Gasteiger charge is 2.24. The Bertz CT molecular complexity index is 941. The molecule has 0 fully saturated rings. The van der Waals surface area contributed by atoms with Crippen LogP contribution in [-0.4, -0.2) is 42.8 Å². The van der Waals surface area contributed by atoms with E-state index in [0.717, 1.165) is 22.1 Å². The summed E-state index contributed by atoms with van der Waals surface area (Å²) in [4.78, 5) is 22.2. The van der Waals surface area contributed by atoms with Crippen LogP contribution in [0, 0.1) is 10.1 Å². The van der Waals surface area contributed by atoms with E-state index >= 15 is 0 Å². The zero-order chi connectivity index (χ0) is 18.8. The molecule has 0 aliphatic rings. The van der Waals surface area contributed by atoms with Crippen molar-refractivity contribution >= 4 is 33.4 Å². The molecule has 0 saturated heterocycles. The second-order valence-corrected chi connectivity index (χ2v) is 8.31. The van der Waals surface area contributed by atoms with Crippen LogP contribution in [0.15, 0.2) is 57.2 Å². The first-order valence-electron chi connectivity index (χ1n) is 6.85. The summed E-state index contributed by atoms with van der Waals surface area (Å²) in [6, 6.07) is 9.62. The average molecular weight is 382 g/mol. The Morgan fingerprint density at radius 3 is 2.36 bits per heavy atom. The van der Waals surface area contributed by atoms with Gasteiger partial charge in [0.15, 0.2) is 0 Å². The molecule has 0 amide bonds. The molecule has 0 aromatic heterocycles. The highest BCUT2D eigenvalue weighted by Crippen LogP contribution is 2.37. The topological polar surface area (TPSA) is 118 Å². The molecule has 0 heterocycles. The number of carboxylic acids is 1. The van der Waals surface area contributed by atoms with Crippen molar-refractivity contribution < 1.29 is 23.2 Å². The van der Waals surface area contributed by atoms with Gasteiger partial charge in [-0.15, -0.1) is 0 Å². The quantitative estimate of drug-likeness (QED) is 0.603. The molecule has 0 spiro atoms. The fourth-order valence-corrected chi connectivity index (χ4v) is 3.89. The second-order valence-electron chi connectivity index (χ2n) is 5.08. The van der Waals surface area contributed by atoms with E-state index in [2.05, 4.69) is 0 Å². The summed E-state index contributed by atoms with van der Waals surface area (Å²) in [5.41, 5.74) is -0.403. The van der Waals surface area contributed by atoms with Crippen LogP contribution < -0.4 is 0 Å². The lowest BCUT2D eigenvalue weighted by Gasteiger charge is -2.12. The minimum absolute atomic E-state index is 0.00628. The van der Waals surface area contributed by atoms with Gasteiger partial charge in [0.25, 0.3) is 5.69 Å². The van der Waals surface area contributed by atoms with E-state index in [1.807, 2.05) is 0 Å². The van der Waals surface area contributed by atoms with Crippen molar-refractivity contribution in [2.75, 3.05) is 14.1 Å². The lowest BCUT2D eigenvalue weighted by atomic mass is 10.2. The number of hydrogen-bond donors (Lipinski definition) is 1. The molecule has 0 bridgehead atoms. The van der Waals surface area contributed by atoms with Crippen molar-refractivity contribution in [1.82, 2.24) is 4.31 Å². The van der Waals surface area contributed by atoms with Crippen molar-refractivity contribution in [2.45, 2.75) is 14.7 Å². The fourth-order valence-electron chi connectivity index (χ4n) is 1.95. The Kier molecular flexibility index (Phi) is 5.45. The number of carbonyl (C=O) groups is 1. The van der Waals surface area contributed by atoms with Gasteiger partial charge < -0.3 is 5.11 Å². The molecule has 0 aliphatic heterocycles. The lowest BCUT2D eigenvalue weighted by molar-refractivity contribution is -0.388. The highest BCUT2D eigenvalue weighted by atomic mass is 32.2. The third-order valence-corrected chi connectivity index (χ3v) is 6.20. The molecule has 0 unspecified atom stereocenters. The molecular formula is C15H14N2O6S2. The van der Waals surface area contributed by atoms with Crippen molar-refractivity contribution in [1.29, 1.82) is 0 Å². The number of carboxylic acid groups (broad SMARTS) is 1. The third-order valence-electron chi connectivity index (χ3n) is 3.24. The summed E-state index contributed by atoms with van der Waals surface area (Å²) >= 11 is 0.894. The van der Waals surface area contributed by atoms with Crippen LogP contribution >= 0.6 is 11.8 Å². The second kappa shape index (κ2) is 7.21. The van der Waals surface area contributed by atoms with Crippen LogP contribution in [0.1, 0.15) is 10.4 Å². The number of nitro groups is 1. The van der Waals surface area contributed by atoms with E-state index in [-0.39, 0.29) is 15.4 Å². The number of nitro benzene ring substituents is 1. The molecule has 0 atom stereocenters. The van der Waals surface area contributed by atoms with Gasteiger partial charge in [0, 0.05) is 25.1 Å². The predicted molar refractivity (Wildman–Crippen MR) is 91.5 cm³/mol. The first kappa shape index (κ1) is 18.9. The van der Waals surface area contributed by atoms with Crippen LogP contribution in [0.2, 0.25) is 0 Å². The molecule has 0 radical (unpaired) electrons. The number of hydrogen-bond acceptors (Lipinski definition) is 6. The fraction of sp³-hybridized carbons (Fsp3) is 0.133. The Labute approximate surface area is 148 Å². The smallest absolute Gasteiger partial charge is 0.336 e. The SMILES string of the molecule is CN(C)S(=O)(=O)c1ccc(Sc2ccccc2C(=O)O)c([N+](=O)[O-])c1. The molecule has 0 saturated carbocycles. The lowest BCUT2D eigenvalue weighted by Crippen LogP contribution is -2.22. The van der Waals surface area contributed by atoms with E-state index in [4.69, 9.17) is 0 Å². The van der Waals surface area contributed by atoms with E-state index < -0.39 is 26.6 Å². The van der Waals surface area contributed by atoms with Gasteiger partial charge in [0.1, 0.15) is 0 Å². The Hall–Kier alpha value is -2.43. The molecule has 2 rings (SSSR count). The van der Waals surface area contributed by atoms with Crippen molar-refractivity contribution in [3.05, 3.63) is 58.1 Å². The van der Waals surface area contributed by atoms with Crippen molar-refractivity contribution in [3.63, 3.8) is 0 Å². The number of aromatic carboxylic acids is 1. The van der Waals surface area contributed by atoms with Gasteiger partial charge in [0.05, 0.1) is 20.3 Å². The zero-order valence-electron chi connectivity index (χ0n) is 13.2. The Morgan fingerprint density at radius 1 is 1.16 bits per heavy atom. The van der Waals surface area contributed by atoms with Crippen LogP contribution in [0.4, 0.5) is 5.69 Å². The number of nitrogens with zero attached hydrogens (tertiary/aromatic N) is 2. The van der Waals surface area contributed by atoms with Gasteiger partial charge in [-0.05, 0) is 24.3 Å². The van der Waals surface area contributed by atoms with E-state index in [1.54, 1.807) is 12.1 Å². The molecular weight excluding hydrogens is 368 g/mol.